The highest BCUT2D eigenvalue weighted by molar-refractivity contribution is 6.01. The van der Waals surface area contributed by atoms with Gasteiger partial charge in [0.25, 0.3) is 0 Å². The van der Waals surface area contributed by atoms with E-state index < -0.39 is 11.6 Å². The quantitative estimate of drug-likeness (QED) is 0.405. The second kappa shape index (κ2) is 10.1. The Labute approximate surface area is 219 Å². The van der Waals surface area contributed by atoms with E-state index in [1.54, 1.807) is 18.5 Å². The molecule has 2 aliphatic heterocycles. The number of rotatable bonds is 5. The first-order chi connectivity index (χ1) is 18.5. The molecule has 0 spiro atoms. The third-order valence-electron chi connectivity index (χ3n) is 7.24. The molecule has 5 heterocycles. The van der Waals surface area contributed by atoms with Crippen molar-refractivity contribution in [2.24, 2.45) is 0 Å². The van der Waals surface area contributed by atoms with Crippen LogP contribution in [-0.4, -0.2) is 72.4 Å². The van der Waals surface area contributed by atoms with Crippen LogP contribution in [0.1, 0.15) is 18.4 Å². The van der Waals surface area contributed by atoms with Gasteiger partial charge in [-0.1, -0.05) is 5.92 Å². The van der Waals surface area contributed by atoms with Gasteiger partial charge in [0.2, 0.25) is 5.95 Å². The number of nitrogens with one attached hydrogen (secondary N) is 1. The Hall–Kier alpha value is -3.94. The minimum absolute atomic E-state index is 0.00962. The minimum atomic E-state index is -0.630. The Balaban J connectivity index is 1.55. The molecule has 38 heavy (non-hydrogen) atoms. The maximum atomic E-state index is 16.4. The highest BCUT2D eigenvalue weighted by Gasteiger charge is 2.25. The summed E-state index contributed by atoms with van der Waals surface area (Å²) in [6.45, 7) is 4.01. The van der Waals surface area contributed by atoms with Crippen LogP contribution in [-0.2, 0) is 4.74 Å². The molecule has 2 fully saturated rings. The monoisotopic (exact) mass is 515 g/mol. The smallest absolute Gasteiger partial charge is 0.228 e. The molecule has 0 bridgehead atoms. The molecule has 194 valence electrons. The molecule has 0 aliphatic carbocycles. The third-order valence-corrected chi connectivity index (χ3v) is 7.24. The fourth-order valence-electron chi connectivity index (χ4n) is 5.31. The summed E-state index contributed by atoms with van der Waals surface area (Å²) in [5.74, 6) is 2.26. The Morgan fingerprint density at radius 1 is 1.18 bits per heavy atom. The van der Waals surface area contributed by atoms with Crippen LogP contribution >= 0.6 is 0 Å². The van der Waals surface area contributed by atoms with Crippen LogP contribution in [0.25, 0.3) is 32.9 Å². The molecule has 3 aromatic heterocycles. The highest BCUT2D eigenvalue weighted by atomic mass is 19.1. The molecular formula is C28H27F2N7O. The van der Waals surface area contributed by atoms with Crippen LogP contribution in [0, 0.1) is 24.0 Å². The van der Waals surface area contributed by atoms with Crippen molar-refractivity contribution in [1.82, 2.24) is 25.3 Å². The standard InChI is InChI=1S/C28H27F2N7O/c1-3-19-22(29)7-6-17-13-31-14-20(23(17)19)25-24(30)26-21(15-33-25)27(36(2)16-18-5-4-8-32-18)35-28(34-26)37-9-11-38-12-10-37/h1,6-7,13-15,18,32H,4-5,8-12,16H2,2H3/t18-/m1/s1. The van der Waals surface area contributed by atoms with E-state index in [4.69, 9.17) is 16.1 Å². The lowest BCUT2D eigenvalue weighted by molar-refractivity contribution is 0.122. The van der Waals surface area contributed by atoms with Gasteiger partial charge in [-0.15, -0.1) is 6.42 Å². The summed E-state index contributed by atoms with van der Waals surface area (Å²) in [7, 11) is 1.95. The number of nitrogens with zero attached hydrogens (tertiary/aromatic N) is 6. The third kappa shape index (κ3) is 4.27. The van der Waals surface area contributed by atoms with Gasteiger partial charge in [0.05, 0.1) is 24.2 Å². The molecule has 1 N–H and O–H groups in total. The van der Waals surface area contributed by atoms with E-state index in [0.29, 0.717) is 65.8 Å². The fourth-order valence-corrected chi connectivity index (χ4v) is 5.31. The van der Waals surface area contributed by atoms with Crippen molar-refractivity contribution in [1.29, 1.82) is 0 Å². The predicted molar refractivity (Wildman–Crippen MR) is 143 cm³/mol. The Morgan fingerprint density at radius 2 is 2.03 bits per heavy atom. The number of likely N-dealkylation sites (N-methyl/N-ethyl adjacent to an activating group) is 1. The molecule has 10 heteroatoms. The second-order valence-corrected chi connectivity index (χ2v) is 9.66. The zero-order valence-corrected chi connectivity index (χ0v) is 21.0. The van der Waals surface area contributed by atoms with Gasteiger partial charge in [-0.25, -0.2) is 13.8 Å². The average molecular weight is 516 g/mol. The van der Waals surface area contributed by atoms with Gasteiger partial charge in [-0.3, -0.25) is 9.97 Å². The lowest BCUT2D eigenvalue weighted by atomic mass is 9.98. The van der Waals surface area contributed by atoms with E-state index in [9.17, 15) is 4.39 Å². The zero-order valence-electron chi connectivity index (χ0n) is 21.0. The molecule has 0 saturated carbocycles. The van der Waals surface area contributed by atoms with E-state index in [1.807, 2.05) is 16.8 Å². The van der Waals surface area contributed by atoms with Crippen molar-refractivity contribution >= 4 is 33.4 Å². The van der Waals surface area contributed by atoms with E-state index in [2.05, 4.69) is 26.2 Å². The van der Waals surface area contributed by atoms with Gasteiger partial charge in [0.15, 0.2) is 5.82 Å². The van der Waals surface area contributed by atoms with Crippen LogP contribution in [0.4, 0.5) is 20.5 Å². The summed E-state index contributed by atoms with van der Waals surface area (Å²) in [4.78, 5) is 22.3. The number of morpholine rings is 1. The molecule has 0 unspecified atom stereocenters. The number of halogens is 2. The molecule has 8 nitrogen and oxygen atoms in total. The maximum absolute atomic E-state index is 16.4. The van der Waals surface area contributed by atoms with Crippen molar-refractivity contribution in [2.75, 3.05) is 56.2 Å². The first-order valence-corrected chi connectivity index (χ1v) is 12.7. The number of benzene rings is 1. The zero-order chi connectivity index (χ0) is 26.2. The molecule has 4 aromatic rings. The topological polar surface area (TPSA) is 79.3 Å². The molecule has 6 rings (SSSR count). The molecule has 1 aromatic carbocycles. The Kier molecular flexibility index (Phi) is 6.47. The minimum Gasteiger partial charge on any atom is -0.378 e. The van der Waals surface area contributed by atoms with E-state index in [0.717, 1.165) is 25.9 Å². The van der Waals surface area contributed by atoms with Gasteiger partial charge in [-0.2, -0.15) is 4.98 Å². The van der Waals surface area contributed by atoms with Gasteiger partial charge in [0, 0.05) is 67.7 Å². The molecule has 1 atom stereocenters. The fraction of sp³-hybridized carbons (Fsp3) is 0.357. The first-order valence-electron chi connectivity index (χ1n) is 12.7. The Bertz CT molecular complexity index is 1560. The first kappa shape index (κ1) is 24.4. The molecule has 0 amide bonds. The van der Waals surface area contributed by atoms with Crippen LogP contribution in [0.3, 0.4) is 0 Å². The highest BCUT2D eigenvalue weighted by Crippen LogP contribution is 2.36. The molecule has 0 radical (unpaired) electrons. The van der Waals surface area contributed by atoms with Gasteiger partial charge in [0.1, 0.15) is 22.8 Å². The Morgan fingerprint density at radius 3 is 2.79 bits per heavy atom. The number of pyridine rings is 2. The number of fused-ring (bicyclic) bond motifs is 2. The van der Waals surface area contributed by atoms with Gasteiger partial charge < -0.3 is 19.9 Å². The largest absolute Gasteiger partial charge is 0.378 e. The van der Waals surface area contributed by atoms with Crippen LogP contribution in [0.5, 0.6) is 0 Å². The predicted octanol–water partition coefficient (Wildman–Crippen LogP) is 3.52. The summed E-state index contributed by atoms with van der Waals surface area (Å²) < 4.78 is 36.5. The summed E-state index contributed by atoms with van der Waals surface area (Å²) in [6.07, 6.45) is 12.5. The van der Waals surface area contributed by atoms with Gasteiger partial charge in [-0.05, 0) is 31.5 Å². The van der Waals surface area contributed by atoms with Crippen molar-refractivity contribution < 1.29 is 13.5 Å². The molecule has 2 aliphatic rings. The average Bonchev–Trinajstić information content (AvgIpc) is 3.46. The van der Waals surface area contributed by atoms with Crippen LogP contribution in [0.15, 0.2) is 30.7 Å². The SMILES string of the molecule is C#Cc1c(F)ccc2cncc(-c3ncc4c(N(C)C[C@H]5CCCN5)nc(N5CCOCC5)nc4c3F)c12. The number of hydrogen-bond donors (Lipinski definition) is 1. The second-order valence-electron chi connectivity index (χ2n) is 9.66. The summed E-state index contributed by atoms with van der Waals surface area (Å²) in [5.41, 5.74) is 0.507. The van der Waals surface area contributed by atoms with E-state index >= 15 is 4.39 Å². The van der Waals surface area contributed by atoms with Crippen molar-refractivity contribution in [3.63, 3.8) is 0 Å². The maximum Gasteiger partial charge on any atom is 0.228 e. The molecular weight excluding hydrogens is 488 g/mol. The van der Waals surface area contributed by atoms with Crippen molar-refractivity contribution in [3.05, 3.63) is 47.9 Å². The number of terminal acetylenes is 1. The summed E-state index contributed by atoms with van der Waals surface area (Å²) in [5, 5.41) is 4.99. The van der Waals surface area contributed by atoms with Gasteiger partial charge >= 0.3 is 0 Å². The van der Waals surface area contributed by atoms with Crippen molar-refractivity contribution in [3.8, 4) is 23.6 Å². The summed E-state index contributed by atoms with van der Waals surface area (Å²) >= 11 is 0. The number of hydrogen-bond acceptors (Lipinski definition) is 8. The van der Waals surface area contributed by atoms with E-state index in [-0.39, 0.29) is 16.8 Å². The molecule has 2 saturated heterocycles. The van der Waals surface area contributed by atoms with E-state index in [1.165, 1.54) is 12.3 Å². The normalized spacial score (nSPS) is 17.7. The van der Waals surface area contributed by atoms with Crippen LogP contribution < -0.4 is 15.1 Å². The number of aromatic nitrogens is 4. The number of ether oxygens (including phenoxy) is 1. The summed E-state index contributed by atoms with van der Waals surface area (Å²) in [6, 6.07) is 3.19. The van der Waals surface area contributed by atoms with Crippen molar-refractivity contribution in [2.45, 2.75) is 18.9 Å². The lowest BCUT2D eigenvalue weighted by Gasteiger charge is -2.29. The van der Waals surface area contributed by atoms with Crippen LogP contribution in [0.2, 0.25) is 0 Å². The number of anilines is 2. The lowest BCUT2D eigenvalue weighted by Crippen LogP contribution is -2.38.